The molecule has 1 unspecified atom stereocenters. The van der Waals surface area contributed by atoms with Crippen molar-refractivity contribution in [3.8, 4) is 0 Å². The Bertz CT molecular complexity index is 662. The van der Waals surface area contributed by atoms with Crippen molar-refractivity contribution >= 4 is 31.9 Å². The van der Waals surface area contributed by atoms with Crippen LogP contribution >= 0.6 is 31.9 Å². The van der Waals surface area contributed by atoms with Crippen LogP contribution in [0.15, 0.2) is 39.3 Å². The van der Waals surface area contributed by atoms with Crippen molar-refractivity contribution in [1.29, 1.82) is 0 Å². The Morgan fingerprint density at radius 1 is 0.952 bits per heavy atom. The lowest BCUT2D eigenvalue weighted by Crippen LogP contribution is -2.23. The van der Waals surface area contributed by atoms with Gasteiger partial charge in [-0.1, -0.05) is 13.0 Å². The maximum Gasteiger partial charge on any atom is 0.137 e. The van der Waals surface area contributed by atoms with Crippen molar-refractivity contribution in [2.24, 2.45) is 0 Å². The van der Waals surface area contributed by atoms with Gasteiger partial charge in [0.05, 0.1) is 15.0 Å². The zero-order chi connectivity index (χ0) is 15.6. The largest absolute Gasteiger partial charge is 0.306 e. The first-order valence-electron chi connectivity index (χ1n) is 6.26. The minimum Gasteiger partial charge on any atom is -0.306 e. The monoisotopic (exact) mass is 421 g/mol. The standard InChI is InChI=1S/C15H12Br2F3N/c1-2-21-15(8-3-4-10(16)13(19)5-8)9-6-14(20)11(17)7-12(9)18/h3-7,15,21H,2H2,1H3. The molecule has 0 aliphatic heterocycles. The molecule has 2 aromatic rings. The molecule has 112 valence electrons. The van der Waals surface area contributed by atoms with E-state index in [0.717, 1.165) is 12.1 Å². The van der Waals surface area contributed by atoms with E-state index in [1.807, 2.05) is 6.92 Å². The summed E-state index contributed by atoms with van der Waals surface area (Å²) in [6.07, 6.45) is 0. The van der Waals surface area contributed by atoms with Crippen molar-refractivity contribution in [3.63, 3.8) is 0 Å². The molecular weight excluding hydrogens is 411 g/mol. The average molecular weight is 423 g/mol. The second-order valence-corrected chi connectivity index (χ2v) is 6.16. The van der Waals surface area contributed by atoms with E-state index >= 15 is 0 Å². The smallest absolute Gasteiger partial charge is 0.137 e. The molecule has 2 aromatic carbocycles. The minimum absolute atomic E-state index is 0.0565. The van der Waals surface area contributed by atoms with Gasteiger partial charge in [0.25, 0.3) is 0 Å². The lowest BCUT2D eigenvalue weighted by Gasteiger charge is -2.20. The quantitative estimate of drug-likeness (QED) is 0.656. The zero-order valence-electron chi connectivity index (χ0n) is 11.1. The average Bonchev–Trinajstić information content (AvgIpc) is 2.44. The van der Waals surface area contributed by atoms with E-state index in [0.29, 0.717) is 16.6 Å². The second-order valence-electron chi connectivity index (χ2n) is 4.45. The third kappa shape index (κ3) is 3.67. The fourth-order valence-corrected chi connectivity index (χ4v) is 2.62. The highest BCUT2D eigenvalue weighted by atomic mass is 79.9. The molecule has 0 amide bonds. The molecule has 0 heterocycles. The summed E-state index contributed by atoms with van der Waals surface area (Å²) in [4.78, 5) is 0. The molecule has 0 spiro atoms. The summed E-state index contributed by atoms with van der Waals surface area (Å²) in [5.41, 5.74) is 0.664. The Balaban J connectivity index is 2.52. The van der Waals surface area contributed by atoms with Crippen LogP contribution in [0.2, 0.25) is 0 Å². The Hall–Kier alpha value is -0.850. The lowest BCUT2D eigenvalue weighted by atomic mass is 9.98. The van der Waals surface area contributed by atoms with Crippen LogP contribution in [-0.4, -0.2) is 6.54 Å². The van der Waals surface area contributed by atoms with Crippen molar-refractivity contribution in [1.82, 2.24) is 5.32 Å². The SMILES string of the molecule is CCNC(c1ccc(Br)c(F)c1)c1cc(F)c(Br)cc1F. The first kappa shape index (κ1) is 16.5. The summed E-state index contributed by atoms with van der Waals surface area (Å²) in [5.74, 6) is -1.57. The molecular formula is C15H12Br2F3N. The fraction of sp³-hybridized carbons (Fsp3) is 0.200. The zero-order valence-corrected chi connectivity index (χ0v) is 14.2. The lowest BCUT2D eigenvalue weighted by molar-refractivity contribution is 0.539. The maximum atomic E-state index is 14.1. The van der Waals surface area contributed by atoms with Gasteiger partial charge in [0.15, 0.2) is 0 Å². The van der Waals surface area contributed by atoms with Gasteiger partial charge in [0.2, 0.25) is 0 Å². The molecule has 0 aliphatic carbocycles. The number of hydrogen-bond donors (Lipinski definition) is 1. The molecule has 0 saturated carbocycles. The van der Waals surface area contributed by atoms with Crippen LogP contribution in [0.4, 0.5) is 13.2 Å². The van der Waals surface area contributed by atoms with Gasteiger partial charge in [0.1, 0.15) is 17.5 Å². The molecule has 0 fully saturated rings. The molecule has 2 rings (SSSR count). The van der Waals surface area contributed by atoms with Crippen LogP contribution in [0.5, 0.6) is 0 Å². The van der Waals surface area contributed by atoms with Crippen LogP contribution in [-0.2, 0) is 0 Å². The van der Waals surface area contributed by atoms with Gasteiger partial charge in [-0.25, -0.2) is 13.2 Å². The third-order valence-electron chi connectivity index (χ3n) is 3.04. The molecule has 1 nitrogen and oxygen atoms in total. The van der Waals surface area contributed by atoms with Crippen LogP contribution < -0.4 is 5.32 Å². The summed E-state index contributed by atoms with van der Waals surface area (Å²) >= 11 is 6.02. The van der Waals surface area contributed by atoms with E-state index in [4.69, 9.17) is 0 Å². The molecule has 6 heteroatoms. The Kier molecular flexibility index (Phi) is 5.46. The predicted molar refractivity (Wildman–Crippen MR) is 83.7 cm³/mol. The van der Waals surface area contributed by atoms with Gasteiger partial charge in [-0.15, -0.1) is 0 Å². The summed E-state index contributed by atoms with van der Waals surface area (Å²) in [5, 5.41) is 3.05. The molecule has 0 aromatic heterocycles. The number of benzene rings is 2. The molecule has 0 bridgehead atoms. The van der Waals surface area contributed by atoms with Crippen LogP contribution in [0.1, 0.15) is 24.1 Å². The van der Waals surface area contributed by atoms with Crippen LogP contribution in [0, 0.1) is 17.5 Å². The summed E-state index contributed by atoms with van der Waals surface area (Å²) in [6.45, 7) is 2.37. The van der Waals surface area contributed by atoms with E-state index in [2.05, 4.69) is 37.2 Å². The third-order valence-corrected chi connectivity index (χ3v) is 4.29. The number of nitrogens with one attached hydrogen (secondary N) is 1. The number of halogens is 5. The van der Waals surface area contributed by atoms with Crippen molar-refractivity contribution in [3.05, 3.63) is 67.9 Å². The predicted octanol–water partition coefficient (Wildman–Crippen LogP) is 5.33. The van der Waals surface area contributed by atoms with Gasteiger partial charge in [-0.2, -0.15) is 0 Å². The van der Waals surface area contributed by atoms with Gasteiger partial charge in [-0.05, 0) is 68.2 Å². The molecule has 21 heavy (non-hydrogen) atoms. The van der Waals surface area contributed by atoms with Crippen molar-refractivity contribution in [2.75, 3.05) is 6.54 Å². The minimum atomic E-state index is -0.625. The summed E-state index contributed by atoms with van der Waals surface area (Å²) in [7, 11) is 0. The Labute approximate surface area is 137 Å². The first-order valence-corrected chi connectivity index (χ1v) is 7.85. The van der Waals surface area contributed by atoms with Gasteiger partial charge >= 0.3 is 0 Å². The molecule has 1 N–H and O–H groups in total. The van der Waals surface area contributed by atoms with E-state index in [9.17, 15) is 13.2 Å². The highest BCUT2D eigenvalue weighted by Gasteiger charge is 2.20. The van der Waals surface area contributed by atoms with E-state index in [-0.39, 0.29) is 10.0 Å². The van der Waals surface area contributed by atoms with Crippen molar-refractivity contribution < 1.29 is 13.2 Å². The fourth-order valence-electron chi connectivity index (χ4n) is 2.06. The van der Waals surface area contributed by atoms with E-state index in [1.54, 1.807) is 12.1 Å². The van der Waals surface area contributed by atoms with Gasteiger partial charge < -0.3 is 5.32 Å². The Morgan fingerprint density at radius 2 is 1.62 bits per heavy atom. The second kappa shape index (κ2) is 6.94. The van der Waals surface area contributed by atoms with Crippen molar-refractivity contribution in [2.45, 2.75) is 13.0 Å². The highest BCUT2D eigenvalue weighted by Crippen LogP contribution is 2.30. The Morgan fingerprint density at radius 3 is 2.24 bits per heavy atom. The van der Waals surface area contributed by atoms with E-state index < -0.39 is 23.5 Å². The molecule has 1 atom stereocenters. The molecule has 0 radical (unpaired) electrons. The number of rotatable bonds is 4. The topological polar surface area (TPSA) is 12.0 Å². The van der Waals surface area contributed by atoms with Crippen LogP contribution in [0.25, 0.3) is 0 Å². The highest BCUT2D eigenvalue weighted by molar-refractivity contribution is 9.10. The van der Waals surface area contributed by atoms with Gasteiger partial charge in [0, 0.05) is 5.56 Å². The van der Waals surface area contributed by atoms with Crippen LogP contribution in [0.3, 0.4) is 0 Å². The summed E-state index contributed by atoms with van der Waals surface area (Å²) < 4.78 is 41.9. The van der Waals surface area contributed by atoms with Gasteiger partial charge in [-0.3, -0.25) is 0 Å². The maximum absolute atomic E-state index is 14.1. The summed E-state index contributed by atoms with van der Waals surface area (Å²) in [6, 6.07) is 6.08. The number of hydrogen-bond acceptors (Lipinski definition) is 1. The first-order chi connectivity index (χ1) is 9.93. The molecule has 0 aliphatic rings. The van der Waals surface area contributed by atoms with E-state index in [1.165, 1.54) is 6.07 Å². The molecule has 0 saturated heterocycles. The normalized spacial score (nSPS) is 12.5.